The Labute approximate surface area is 246 Å². The van der Waals surface area contributed by atoms with Crippen LogP contribution in [0.3, 0.4) is 0 Å². The van der Waals surface area contributed by atoms with Crippen molar-refractivity contribution in [1.29, 1.82) is 0 Å². The molecule has 3 aromatic rings. The molecule has 0 radical (unpaired) electrons. The van der Waals surface area contributed by atoms with Crippen molar-refractivity contribution >= 4 is 27.6 Å². The number of rotatable bonds is 12. The molecule has 0 spiro atoms. The van der Waals surface area contributed by atoms with Gasteiger partial charge in [0, 0.05) is 17.4 Å². The molecule has 0 bridgehead atoms. The highest BCUT2D eigenvalue weighted by Gasteiger charge is 2.39. The van der Waals surface area contributed by atoms with Gasteiger partial charge in [-0.3, -0.25) is 4.79 Å². The topological polar surface area (TPSA) is 44.8 Å². The molecule has 0 saturated heterocycles. The summed E-state index contributed by atoms with van der Waals surface area (Å²) in [6.07, 6.45) is 7.96. The number of methoxy groups -OCH3 is 1. The van der Waals surface area contributed by atoms with Crippen molar-refractivity contribution in [2.75, 3.05) is 25.9 Å². The van der Waals surface area contributed by atoms with E-state index >= 15 is 0 Å². The monoisotopic (exact) mass is 580 g/mol. The first-order valence-corrected chi connectivity index (χ1v) is 16.6. The van der Waals surface area contributed by atoms with Crippen molar-refractivity contribution in [3.8, 4) is 16.9 Å². The maximum atomic E-state index is 13.5. The third-order valence-corrected chi connectivity index (χ3v) is 7.83. The fraction of sp³-hybridized carbons (Fsp3) is 0.382. The highest BCUT2D eigenvalue weighted by atomic mass is 35.5. The maximum Gasteiger partial charge on any atom is 0.312 e. The molecule has 0 aliphatic rings. The van der Waals surface area contributed by atoms with Crippen molar-refractivity contribution in [3.63, 3.8) is 0 Å². The Kier molecular flexibility index (Phi) is 11.6. The van der Waals surface area contributed by atoms with Crippen molar-refractivity contribution in [2.24, 2.45) is 5.41 Å². The number of carbonyl (C=O) groups excluding carboxylic acids is 1. The first-order chi connectivity index (χ1) is 19.0. The zero-order valence-corrected chi connectivity index (χ0v) is 26.0. The van der Waals surface area contributed by atoms with Crippen molar-refractivity contribution < 1.29 is 19.0 Å². The Hall–Kier alpha value is -2.91. The number of hydrogen-bond donors (Lipinski definition) is 0. The molecule has 0 aliphatic carbocycles. The predicted molar refractivity (Wildman–Crippen MR) is 168 cm³/mol. The summed E-state index contributed by atoms with van der Waals surface area (Å²) >= 11 is 6.59. The Morgan fingerprint density at radius 2 is 1.60 bits per heavy atom. The summed E-state index contributed by atoms with van der Waals surface area (Å²) in [5, 5.41) is 4.03. The van der Waals surface area contributed by atoms with E-state index in [0.717, 1.165) is 34.4 Å². The zero-order chi connectivity index (χ0) is 29.2. The summed E-state index contributed by atoms with van der Waals surface area (Å²) < 4.78 is 17.1. The first kappa shape index (κ1) is 31.6. The Morgan fingerprint density at radius 3 is 2.25 bits per heavy atom. The van der Waals surface area contributed by atoms with Crippen LogP contribution < -0.4 is 4.74 Å². The third kappa shape index (κ3) is 9.63. The molecule has 0 heterocycles. The number of carbonyl (C=O) groups is 1. The molecule has 1 atom stereocenters. The molecular formula is C34H41ClO4S. The maximum absolute atomic E-state index is 13.5. The molecule has 0 aliphatic heterocycles. The third-order valence-electron chi connectivity index (χ3n) is 6.70. The predicted octanol–water partition coefficient (Wildman–Crippen LogP) is 8.35. The lowest BCUT2D eigenvalue weighted by molar-refractivity contribution is -0.156. The van der Waals surface area contributed by atoms with Gasteiger partial charge in [-0.05, 0) is 79.5 Å². The average Bonchev–Trinajstić information content (AvgIpc) is 2.93. The highest BCUT2D eigenvalue weighted by molar-refractivity contribution is 8.35. The minimum atomic E-state index is -0.921. The van der Waals surface area contributed by atoms with E-state index in [1.54, 1.807) is 7.11 Å². The minimum absolute atomic E-state index is 0.113. The van der Waals surface area contributed by atoms with Crippen LogP contribution in [0.25, 0.3) is 0 Å². The lowest BCUT2D eigenvalue weighted by Gasteiger charge is -2.33. The smallest absolute Gasteiger partial charge is 0.312 e. The van der Waals surface area contributed by atoms with Gasteiger partial charge >= 0.3 is 5.97 Å². The van der Waals surface area contributed by atoms with Crippen LogP contribution in [0.4, 0.5) is 0 Å². The second-order valence-corrected chi connectivity index (χ2v) is 15.5. The second-order valence-electron chi connectivity index (χ2n) is 11.2. The van der Waals surface area contributed by atoms with Gasteiger partial charge in [-0.2, -0.15) is 10.0 Å². The molecular weight excluding hydrogens is 540 g/mol. The van der Waals surface area contributed by atoms with Crippen LogP contribution in [0.15, 0.2) is 72.8 Å². The van der Waals surface area contributed by atoms with Gasteiger partial charge in [0.2, 0.25) is 0 Å². The molecule has 3 rings (SSSR count). The van der Waals surface area contributed by atoms with Crippen molar-refractivity contribution in [2.45, 2.75) is 52.4 Å². The van der Waals surface area contributed by atoms with Gasteiger partial charge in [-0.15, -0.1) is 0 Å². The Balaban J connectivity index is 1.79. The molecule has 0 amide bonds. The molecule has 4 nitrogen and oxygen atoms in total. The van der Waals surface area contributed by atoms with E-state index in [9.17, 15) is 4.79 Å². The van der Waals surface area contributed by atoms with Crippen LogP contribution in [-0.2, 0) is 34.1 Å². The first-order valence-electron chi connectivity index (χ1n) is 13.4. The molecule has 3 aromatic carbocycles. The van der Waals surface area contributed by atoms with Crippen LogP contribution in [0, 0.1) is 16.6 Å². The van der Waals surface area contributed by atoms with Gasteiger partial charge in [0.1, 0.15) is 12.4 Å². The summed E-state index contributed by atoms with van der Waals surface area (Å²) in [4.78, 5) is 13.5. The molecule has 0 fully saturated rings. The van der Waals surface area contributed by atoms with Gasteiger partial charge in [-0.25, -0.2) is 0 Å². The van der Waals surface area contributed by atoms with Crippen molar-refractivity contribution in [1.82, 2.24) is 0 Å². The largest absolute Gasteiger partial charge is 0.497 e. The molecule has 0 saturated carbocycles. The zero-order valence-electron chi connectivity index (χ0n) is 24.5. The van der Waals surface area contributed by atoms with Crippen molar-refractivity contribution in [3.05, 3.63) is 100 Å². The summed E-state index contributed by atoms with van der Waals surface area (Å²) in [6, 6.07) is 23.5. The fourth-order valence-corrected chi connectivity index (χ4v) is 5.11. The van der Waals surface area contributed by atoms with Crippen LogP contribution in [0.2, 0.25) is 5.02 Å². The van der Waals surface area contributed by atoms with Crippen LogP contribution >= 0.6 is 21.6 Å². The number of halogens is 1. The molecule has 6 heteroatoms. The van der Waals surface area contributed by atoms with E-state index in [1.807, 2.05) is 80.6 Å². The fourth-order valence-electron chi connectivity index (χ4n) is 4.40. The normalized spacial score (nSPS) is 12.7. The van der Waals surface area contributed by atoms with E-state index in [2.05, 4.69) is 36.0 Å². The highest BCUT2D eigenvalue weighted by Crippen LogP contribution is 2.41. The van der Waals surface area contributed by atoms with E-state index in [1.165, 1.54) is 0 Å². The Morgan fingerprint density at radius 1 is 0.925 bits per heavy atom. The second kappa shape index (κ2) is 14.6. The quantitative estimate of drug-likeness (QED) is 0.159. The molecule has 0 N–H and O–H groups in total. The van der Waals surface area contributed by atoms with Crippen LogP contribution in [0.1, 0.15) is 54.9 Å². The van der Waals surface area contributed by atoms with E-state index < -0.39 is 15.4 Å². The molecule has 1 unspecified atom stereocenters. The molecule has 0 aromatic heterocycles. The summed E-state index contributed by atoms with van der Waals surface area (Å²) in [6.45, 7) is 4.98. The summed E-state index contributed by atoms with van der Waals surface area (Å²) in [5.74, 6) is 3.82. The number of ether oxygens (including phenoxy) is 3. The lowest BCUT2D eigenvalue weighted by Crippen LogP contribution is -2.33. The van der Waals surface area contributed by atoms with Crippen LogP contribution in [0.5, 0.6) is 5.75 Å². The van der Waals surface area contributed by atoms with E-state index in [4.69, 9.17) is 25.8 Å². The SMILES string of the molecule is COc1ccc(COCc2cc(C(CCC#CS(C)(C)C)C(C)(C)C(=O)OCc3ccccc3)ccc2Cl)cc1. The summed E-state index contributed by atoms with van der Waals surface area (Å²) in [7, 11) is 0.728. The Bertz CT molecular complexity index is 1300. The number of benzene rings is 3. The van der Waals surface area contributed by atoms with E-state index in [0.29, 0.717) is 24.7 Å². The van der Waals surface area contributed by atoms with Gasteiger partial charge in [0.15, 0.2) is 0 Å². The van der Waals surface area contributed by atoms with E-state index in [-0.39, 0.29) is 18.5 Å². The van der Waals surface area contributed by atoms with Gasteiger partial charge in [-0.1, -0.05) is 77.4 Å². The summed E-state index contributed by atoms with van der Waals surface area (Å²) in [5.41, 5.74) is 3.15. The van der Waals surface area contributed by atoms with Gasteiger partial charge < -0.3 is 14.2 Å². The average molecular weight is 581 g/mol. The van der Waals surface area contributed by atoms with Gasteiger partial charge in [0.05, 0.1) is 25.7 Å². The number of esters is 1. The van der Waals surface area contributed by atoms with Gasteiger partial charge in [0.25, 0.3) is 0 Å². The number of hydrogen-bond acceptors (Lipinski definition) is 4. The molecule has 40 heavy (non-hydrogen) atoms. The molecule has 214 valence electrons. The van der Waals surface area contributed by atoms with Crippen LogP contribution in [-0.4, -0.2) is 31.8 Å². The standard InChI is InChI=1S/C34H41ClO4S/c1-34(2,33(36)39-24-26-12-8-7-9-13-26)31(14-10-11-21-40(4,5)6)28-17-20-32(35)29(22-28)25-38-23-27-15-18-30(37-3)19-16-27/h7-9,12-13,15-20,22,31H,10,14,23-25H2,1-6H3. The minimum Gasteiger partial charge on any atom is -0.497 e. The lowest BCUT2D eigenvalue weighted by atomic mass is 9.72.